The van der Waals surface area contributed by atoms with Crippen molar-refractivity contribution in [3.05, 3.63) is 23.3 Å². The topological polar surface area (TPSA) is 74.2 Å². The van der Waals surface area contributed by atoms with E-state index in [0.29, 0.717) is 17.7 Å². The number of rotatable bonds is 5. The number of hydrogen-bond donors (Lipinski definition) is 3. The molecule has 8 rings (SSSR count). The Labute approximate surface area is 208 Å². The summed E-state index contributed by atoms with van der Waals surface area (Å²) in [6.07, 6.45) is 11.0. The molecule has 3 aliphatic heterocycles. The van der Waals surface area contributed by atoms with Gasteiger partial charge in [0.25, 0.3) is 0 Å². The molecular formula is C29H40N2O4. The number of aromatic hydroxyl groups is 1. The van der Waals surface area contributed by atoms with E-state index in [2.05, 4.69) is 16.3 Å². The highest BCUT2D eigenvalue weighted by molar-refractivity contribution is 5.63. The van der Waals surface area contributed by atoms with Crippen molar-refractivity contribution >= 4 is 0 Å². The van der Waals surface area contributed by atoms with Crippen LogP contribution in [0.1, 0.15) is 68.9 Å². The molecule has 6 heteroatoms. The number of likely N-dealkylation sites (tertiary alicyclic amines) is 1. The van der Waals surface area contributed by atoms with E-state index in [1.807, 2.05) is 6.07 Å². The molecular weight excluding hydrogens is 440 g/mol. The molecule has 2 spiro atoms. The summed E-state index contributed by atoms with van der Waals surface area (Å²) in [6, 6.07) is 4.55. The Morgan fingerprint density at radius 2 is 1.86 bits per heavy atom. The lowest BCUT2D eigenvalue weighted by atomic mass is 9.40. The first-order valence-electron chi connectivity index (χ1n) is 14.3. The molecule has 0 amide bonds. The third kappa shape index (κ3) is 2.75. The van der Waals surface area contributed by atoms with Gasteiger partial charge in [-0.05, 0) is 101 Å². The first-order chi connectivity index (χ1) is 17.1. The number of piperidine rings is 1. The summed E-state index contributed by atoms with van der Waals surface area (Å²) < 4.78 is 12.5. The number of nitrogens with zero attached hydrogens (tertiary/aromatic N) is 1. The third-order valence-electron chi connectivity index (χ3n) is 11.6. The molecule has 6 atom stereocenters. The summed E-state index contributed by atoms with van der Waals surface area (Å²) in [4.78, 5) is 2.63. The van der Waals surface area contributed by atoms with Crippen molar-refractivity contribution in [3.8, 4) is 11.5 Å². The van der Waals surface area contributed by atoms with Gasteiger partial charge in [0.1, 0.15) is 6.10 Å². The number of fused-ring (bicyclic) bond motifs is 1. The maximum absolute atomic E-state index is 12.7. The van der Waals surface area contributed by atoms with Crippen molar-refractivity contribution in [1.29, 1.82) is 0 Å². The molecule has 4 aliphatic carbocycles. The minimum Gasteiger partial charge on any atom is -0.504 e. The molecule has 5 fully saturated rings. The number of phenols is 1. The van der Waals surface area contributed by atoms with Gasteiger partial charge < -0.3 is 25.0 Å². The molecule has 1 aromatic carbocycles. The molecule has 6 nitrogen and oxygen atoms in total. The molecule has 0 radical (unpaired) electrons. The van der Waals surface area contributed by atoms with Crippen LogP contribution in [0.5, 0.6) is 11.5 Å². The predicted octanol–water partition coefficient (Wildman–Crippen LogP) is 3.12. The zero-order chi connectivity index (χ0) is 23.4. The van der Waals surface area contributed by atoms with Gasteiger partial charge in [-0.25, -0.2) is 0 Å². The van der Waals surface area contributed by atoms with Crippen LogP contribution in [0.4, 0.5) is 0 Å². The van der Waals surface area contributed by atoms with Crippen LogP contribution in [-0.2, 0) is 16.6 Å². The lowest BCUT2D eigenvalue weighted by Crippen LogP contribution is -2.80. The van der Waals surface area contributed by atoms with Gasteiger partial charge in [-0.3, -0.25) is 4.90 Å². The second-order valence-corrected chi connectivity index (χ2v) is 13.0. The van der Waals surface area contributed by atoms with E-state index in [1.54, 1.807) is 0 Å². The van der Waals surface area contributed by atoms with Crippen LogP contribution >= 0.6 is 0 Å². The third-order valence-corrected chi connectivity index (χ3v) is 11.6. The molecule has 2 saturated heterocycles. The molecule has 0 aromatic heterocycles. The van der Waals surface area contributed by atoms with Crippen LogP contribution in [0.25, 0.3) is 0 Å². The predicted molar refractivity (Wildman–Crippen MR) is 132 cm³/mol. The average Bonchev–Trinajstić information content (AvgIpc) is 3.59. The monoisotopic (exact) mass is 480 g/mol. The summed E-state index contributed by atoms with van der Waals surface area (Å²) in [6.45, 7) is 5.00. The fourth-order valence-electron chi connectivity index (χ4n) is 9.48. The van der Waals surface area contributed by atoms with Gasteiger partial charge in [0.2, 0.25) is 0 Å². The first-order valence-corrected chi connectivity index (χ1v) is 14.3. The Hall–Kier alpha value is -1.34. The van der Waals surface area contributed by atoms with Crippen molar-refractivity contribution in [2.75, 3.05) is 32.8 Å². The number of benzene rings is 1. The number of phenolic OH excluding ortho intramolecular Hbond substituents is 1. The smallest absolute Gasteiger partial charge is 0.165 e. The Balaban J connectivity index is 1.17. The Bertz CT molecular complexity index is 1040. The maximum Gasteiger partial charge on any atom is 0.165 e. The minimum atomic E-state index is -0.775. The van der Waals surface area contributed by atoms with Crippen LogP contribution in [0, 0.1) is 17.3 Å². The largest absolute Gasteiger partial charge is 0.504 e. The second kappa shape index (κ2) is 7.37. The van der Waals surface area contributed by atoms with E-state index >= 15 is 0 Å². The Morgan fingerprint density at radius 1 is 1.00 bits per heavy atom. The van der Waals surface area contributed by atoms with Gasteiger partial charge in [0, 0.05) is 42.8 Å². The van der Waals surface area contributed by atoms with Crippen molar-refractivity contribution in [2.24, 2.45) is 17.3 Å². The number of aliphatic hydroxyl groups is 1. The quantitative estimate of drug-likeness (QED) is 0.602. The molecule has 0 unspecified atom stereocenters. The molecule has 1 aromatic rings. The highest BCUT2D eigenvalue weighted by atomic mass is 16.5. The Morgan fingerprint density at radius 3 is 2.63 bits per heavy atom. The molecule has 35 heavy (non-hydrogen) atoms. The van der Waals surface area contributed by atoms with Crippen LogP contribution in [0.3, 0.4) is 0 Å². The molecule has 7 aliphatic rings. The fraction of sp³-hybridized carbons (Fsp3) is 0.793. The number of ether oxygens (including phenoxy) is 2. The minimum absolute atomic E-state index is 0.0423. The molecule has 3 N–H and O–H groups in total. The van der Waals surface area contributed by atoms with Crippen molar-refractivity contribution in [1.82, 2.24) is 10.2 Å². The first kappa shape index (κ1) is 21.7. The summed E-state index contributed by atoms with van der Waals surface area (Å²) in [5, 5.41) is 27.7. The van der Waals surface area contributed by atoms with Gasteiger partial charge in [0.05, 0.1) is 11.0 Å². The zero-order valence-corrected chi connectivity index (χ0v) is 20.8. The SMILES string of the molecule is Oc1ccc2c3c1O[C@H]1[C@@]4(CC[C@@H]4NCC4CCOCC4)CC[C@@]4(O)[C@@H](C2)N(CC2CC2)CC[C@]314. The molecule has 2 bridgehead atoms. The van der Waals surface area contributed by atoms with Crippen molar-refractivity contribution in [2.45, 2.75) is 93.4 Å². The van der Waals surface area contributed by atoms with Gasteiger partial charge in [-0.2, -0.15) is 0 Å². The lowest BCUT2D eigenvalue weighted by molar-refractivity contribution is -0.236. The summed E-state index contributed by atoms with van der Waals surface area (Å²) in [5.41, 5.74) is 1.35. The lowest BCUT2D eigenvalue weighted by Gasteiger charge is -2.69. The highest BCUT2D eigenvalue weighted by Gasteiger charge is 2.77. The summed E-state index contributed by atoms with van der Waals surface area (Å²) in [5.74, 6) is 2.47. The summed E-state index contributed by atoms with van der Waals surface area (Å²) in [7, 11) is 0. The van der Waals surface area contributed by atoms with E-state index < -0.39 is 11.0 Å². The van der Waals surface area contributed by atoms with Crippen LogP contribution in [-0.4, -0.2) is 71.7 Å². The number of nitrogens with one attached hydrogen (secondary N) is 1. The number of hydrogen-bond acceptors (Lipinski definition) is 6. The van der Waals surface area contributed by atoms with E-state index in [4.69, 9.17) is 9.47 Å². The Kier molecular flexibility index (Phi) is 4.57. The van der Waals surface area contributed by atoms with Crippen LogP contribution in [0.2, 0.25) is 0 Å². The molecule has 190 valence electrons. The van der Waals surface area contributed by atoms with Gasteiger partial charge >= 0.3 is 0 Å². The van der Waals surface area contributed by atoms with E-state index in [9.17, 15) is 10.2 Å². The normalized spacial score (nSPS) is 44.1. The van der Waals surface area contributed by atoms with E-state index in [-0.39, 0.29) is 23.3 Å². The van der Waals surface area contributed by atoms with Crippen molar-refractivity contribution < 1.29 is 19.7 Å². The van der Waals surface area contributed by atoms with Gasteiger partial charge in [0.15, 0.2) is 11.5 Å². The summed E-state index contributed by atoms with van der Waals surface area (Å²) >= 11 is 0. The van der Waals surface area contributed by atoms with Gasteiger partial charge in [-0.1, -0.05) is 6.07 Å². The maximum atomic E-state index is 12.7. The average molecular weight is 481 g/mol. The van der Waals surface area contributed by atoms with Crippen LogP contribution < -0.4 is 10.1 Å². The standard InChI is InChI=1S/C29H40N2O4/c32-21-4-3-20-15-23-29(33)10-9-27(8-5-22(27)30-16-18-6-13-34-14-7-18)26-28(29,24(20)25(21)35-26)11-12-31(23)17-19-1-2-19/h3-4,18-19,22-23,26,30,32-33H,1-2,5-17H2/t22-,23+,26-,27-,28-,29+/m0/s1. The van der Waals surface area contributed by atoms with Gasteiger partial charge in [-0.15, -0.1) is 0 Å². The second-order valence-electron chi connectivity index (χ2n) is 13.0. The molecule has 3 saturated carbocycles. The zero-order valence-electron chi connectivity index (χ0n) is 20.8. The van der Waals surface area contributed by atoms with E-state index in [1.165, 1.54) is 30.4 Å². The van der Waals surface area contributed by atoms with E-state index in [0.717, 1.165) is 83.7 Å². The van der Waals surface area contributed by atoms with Crippen molar-refractivity contribution in [3.63, 3.8) is 0 Å². The molecule has 3 heterocycles. The van der Waals surface area contributed by atoms with Crippen LogP contribution in [0.15, 0.2) is 12.1 Å². The highest BCUT2D eigenvalue weighted by Crippen LogP contribution is 2.71. The fourth-order valence-corrected chi connectivity index (χ4v) is 9.48.